The second kappa shape index (κ2) is 48.9. The molecule has 0 bridgehead atoms. The van der Waals surface area contributed by atoms with Crippen LogP contribution in [0.5, 0.6) is 0 Å². The first-order valence-electron chi connectivity index (χ1n) is 27.8. The van der Waals surface area contributed by atoms with Gasteiger partial charge in [-0.1, -0.05) is 0 Å². The summed E-state index contributed by atoms with van der Waals surface area (Å²) in [4.78, 5) is 60.4. The molecule has 0 saturated carbocycles. The Morgan fingerprint density at radius 3 is 1.23 bits per heavy atom. The van der Waals surface area contributed by atoms with Gasteiger partial charge in [0.25, 0.3) is 0 Å². The third kappa shape index (κ3) is 43.2. The van der Waals surface area contributed by atoms with Gasteiger partial charge >= 0.3 is 18.0 Å². The molecule has 0 aliphatic heterocycles. The Kier molecular flexibility index (Phi) is 43.3. The summed E-state index contributed by atoms with van der Waals surface area (Å²) >= 11 is 0. The van der Waals surface area contributed by atoms with E-state index in [0.717, 1.165) is 5.69 Å². The number of carbonyl (C=O) groups excluding carboxylic acids is 3. The molecule has 0 unspecified atom stereocenters. The first-order valence-corrected chi connectivity index (χ1v) is 27.8. The van der Waals surface area contributed by atoms with Crippen molar-refractivity contribution in [3.05, 3.63) is 48.5 Å². The largest absolute Gasteiger partial charge is 0.481 e. The lowest BCUT2D eigenvalue weighted by molar-refractivity contribution is -0.144. The number of benzene rings is 2. The van der Waals surface area contributed by atoms with E-state index in [-0.39, 0.29) is 50.5 Å². The summed E-state index contributed by atoms with van der Waals surface area (Å²) in [5, 5.41) is 38.7. The quantitative estimate of drug-likeness (QED) is 0.0357. The Morgan fingerprint density at radius 2 is 0.866 bits per heavy atom. The van der Waals surface area contributed by atoms with E-state index in [9.17, 15) is 34.2 Å². The Labute approximate surface area is 481 Å². The predicted molar refractivity (Wildman–Crippen MR) is 301 cm³/mol. The number of carboxylic acid groups (broad SMARTS) is 2. The Bertz CT molecular complexity index is 1980. The van der Waals surface area contributed by atoms with Crippen LogP contribution in [-0.2, 0) is 80.8 Å². The van der Waals surface area contributed by atoms with E-state index >= 15 is 0 Å². The van der Waals surface area contributed by atoms with Gasteiger partial charge in [-0.05, 0) is 88.6 Å². The van der Waals surface area contributed by atoms with Crippen molar-refractivity contribution in [1.82, 2.24) is 10.6 Å². The summed E-state index contributed by atoms with van der Waals surface area (Å²) in [7, 11) is 0. The lowest BCUT2D eigenvalue weighted by Crippen LogP contribution is -2.45. The van der Waals surface area contributed by atoms with Gasteiger partial charge in [-0.15, -0.1) is 0 Å². The van der Waals surface area contributed by atoms with E-state index in [0.29, 0.717) is 189 Å². The standard InChI is InChI=1S/C55H91N7O20/c1-55(2,3)82-54(69)60-49(53(67)68)43-44(52(65)66)5-4-6-51(64)59-46-9-13-48(14-10-46)62-61-47-11-7-45(8-12-47)57-17-18-58-50(63)15-19-70-21-23-72-25-27-74-29-31-76-33-35-78-37-39-80-41-42-81-40-38-79-36-34-77-32-30-75-28-26-73-24-22-71-20-16-56/h7-14,44,49,57H,4-6,15-43,56H2,1-3H3,(H,58,63)(H,59,64)(H,60,69)(H,65,66)(H,67,68)/b62-61+/t44-,49-/m0/s1. The zero-order valence-corrected chi connectivity index (χ0v) is 48.1. The summed E-state index contributed by atoms with van der Waals surface area (Å²) in [6, 6.07) is 12.5. The molecule has 0 fully saturated rings. The van der Waals surface area contributed by atoms with E-state index in [4.69, 9.17) is 67.3 Å². The maximum absolute atomic E-state index is 12.6. The molecule has 0 heterocycles. The molecule has 0 radical (unpaired) electrons. The number of nitrogens with zero attached hydrogens (tertiary/aromatic N) is 2. The van der Waals surface area contributed by atoms with Gasteiger partial charge in [0.05, 0.1) is 176 Å². The summed E-state index contributed by atoms with van der Waals surface area (Å²) in [6.45, 7) is 17.4. The van der Waals surface area contributed by atoms with E-state index in [1.165, 1.54) is 0 Å². The number of carbonyl (C=O) groups is 5. The van der Waals surface area contributed by atoms with Crippen LogP contribution in [0, 0.1) is 5.92 Å². The number of azo groups is 1. The van der Waals surface area contributed by atoms with Crippen molar-refractivity contribution in [1.29, 1.82) is 0 Å². The Morgan fingerprint density at radius 1 is 0.488 bits per heavy atom. The number of hydrogen-bond donors (Lipinski definition) is 7. The first kappa shape index (κ1) is 72.6. The third-order valence-corrected chi connectivity index (χ3v) is 10.7. The monoisotopic (exact) mass is 1170 g/mol. The van der Waals surface area contributed by atoms with Gasteiger partial charge in [-0.2, -0.15) is 10.2 Å². The fraction of sp³-hybridized carbons (Fsp3) is 0.691. The zero-order valence-electron chi connectivity index (χ0n) is 48.1. The van der Waals surface area contributed by atoms with Crippen LogP contribution in [0.25, 0.3) is 0 Å². The topological polar surface area (TPSA) is 345 Å². The molecule has 2 atom stereocenters. The lowest BCUT2D eigenvalue weighted by atomic mass is 9.94. The molecule has 27 nitrogen and oxygen atoms in total. The molecule has 0 aromatic heterocycles. The molecule has 0 aliphatic carbocycles. The first-order chi connectivity index (χ1) is 39.8. The highest BCUT2D eigenvalue weighted by Crippen LogP contribution is 2.23. The van der Waals surface area contributed by atoms with E-state index in [1.54, 1.807) is 57.2 Å². The fourth-order valence-corrected chi connectivity index (χ4v) is 6.67. The van der Waals surface area contributed by atoms with Gasteiger partial charge in [0, 0.05) is 43.9 Å². The van der Waals surface area contributed by atoms with Crippen LogP contribution in [0.2, 0.25) is 0 Å². The highest BCUT2D eigenvalue weighted by Gasteiger charge is 2.30. The summed E-state index contributed by atoms with van der Waals surface area (Å²) < 4.78 is 70.6. The zero-order chi connectivity index (χ0) is 59.6. The molecule has 0 aliphatic rings. The van der Waals surface area contributed by atoms with Crippen LogP contribution in [-0.4, -0.2) is 230 Å². The average Bonchev–Trinajstić information content (AvgIpc) is 3.55. The molecular formula is C55H91N7O20. The molecular weight excluding hydrogens is 1080 g/mol. The number of nitrogens with one attached hydrogen (secondary N) is 4. The molecule has 82 heavy (non-hydrogen) atoms. The van der Waals surface area contributed by atoms with Gasteiger partial charge in [0.15, 0.2) is 0 Å². The van der Waals surface area contributed by atoms with Crippen molar-refractivity contribution >= 4 is 52.6 Å². The van der Waals surface area contributed by atoms with Crippen LogP contribution < -0.4 is 27.0 Å². The number of hydrogen-bond acceptors (Lipinski definition) is 22. The molecule has 8 N–H and O–H groups in total. The summed E-state index contributed by atoms with van der Waals surface area (Å²) in [5.41, 5.74) is 6.97. The number of alkyl carbamates (subject to hydrolysis) is 1. The molecule has 2 aromatic carbocycles. The molecule has 3 amide bonds. The lowest BCUT2D eigenvalue weighted by Gasteiger charge is -2.23. The van der Waals surface area contributed by atoms with E-state index < -0.39 is 35.6 Å². The third-order valence-electron chi connectivity index (χ3n) is 10.7. The number of rotatable bonds is 54. The van der Waals surface area contributed by atoms with Crippen LogP contribution >= 0.6 is 0 Å². The minimum Gasteiger partial charge on any atom is -0.481 e. The SMILES string of the molecule is CC(C)(C)OC(=O)N[C@@H](C[C@H](CCCC(=O)Nc1ccc(/N=N/c2ccc(NCCNC(=O)CCOCCOCCOCCOCCOCCOCCOCCOCCOCCOCCOCCOCCN)cc2)cc1)C(=O)O)C(=O)O. The van der Waals surface area contributed by atoms with Crippen molar-refractivity contribution in [3.63, 3.8) is 0 Å². The second-order valence-corrected chi connectivity index (χ2v) is 18.7. The van der Waals surface area contributed by atoms with Crippen LogP contribution in [0.4, 0.5) is 27.5 Å². The number of ether oxygens (including phenoxy) is 13. The van der Waals surface area contributed by atoms with Gasteiger partial charge in [-0.3, -0.25) is 14.4 Å². The molecule has 466 valence electrons. The highest BCUT2D eigenvalue weighted by molar-refractivity contribution is 5.90. The summed E-state index contributed by atoms with van der Waals surface area (Å²) in [5.74, 6) is -4.22. The normalized spacial score (nSPS) is 12.3. The van der Waals surface area contributed by atoms with Crippen LogP contribution in [0.3, 0.4) is 0 Å². The molecule has 0 spiro atoms. The fourth-order valence-electron chi connectivity index (χ4n) is 6.67. The Hall–Kier alpha value is -5.53. The molecule has 2 aromatic rings. The number of anilines is 2. The van der Waals surface area contributed by atoms with E-state index in [2.05, 4.69) is 31.5 Å². The molecule has 27 heteroatoms. The number of carboxylic acids is 2. The van der Waals surface area contributed by atoms with Gasteiger partial charge in [0.2, 0.25) is 11.8 Å². The van der Waals surface area contributed by atoms with Crippen molar-refractivity contribution in [2.45, 2.75) is 64.5 Å². The highest BCUT2D eigenvalue weighted by atomic mass is 16.6. The maximum atomic E-state index is 12.6. The predicted octanol–water partition coefficient (Wildman–Crippen LogP) is 4.36. The van der Waals surface area contributed by atoms with Crippen molar-refractivity contribution < 1.29 is 95.8 Å². The summed E-state index contributed by atoms with van der Waals surface area (Å²) in [6.07, 6.45) is -0.934. The second-order valence-electron chi connectivity index (χ2n) is 18.7. The average molecular weight is 1170 g/mol. The molecule has 2 rings (SSSR count). The van der Waals surface area contributed by atoms with Gasteiger partial charge < -0.3 is 98.8 Å². The number of amides is 3. The molecule has 0 saturated heterocycles. The van der Waals surface area contributed by atoms with Crippen LogP contribution in [0.1, 0.15) is 52.9 Å². The van der Waals surface area contributed by atoms with Crippen molar-refractivity contribution in [2.75, 3.05) is 189 Å². The minimum absolute atomic E-state index is 0.00705. The minimum atomic E-state index is -1.48. The van der Waals surface area contributed by atoms with Gasteiger partial charge in [-0.25, -0.2) is 9.59 Å². The number of nitrogens with two attached hydrogens (primary N) is 1. The van der Waals surface area contributed by atoms with Crippen LogP contribution in [0.15, 0.2) is 58.8 Å². The van der Waals surface area contributed by atoms with Crippen molar-refractivity contribution in [2.24, 2.45) is 21.9 Å². The van der Waals surface area contributed by atoms with Gasteiger partial charge in [0.1, 0.15) is 11.6 Å². The Balaban J connectivity index is 1.35. The van der Waals surface area contributed by atoms with Crippen molar-refractivity contribution in [3.8, 4) is 0 Å². The smallest absolute Gasteiger partial charge is 0.408 e. The number of aliphatic carboxylic acids is 2. The maximum Gasteiger partial charge on any atom is 0.408 e. The van der Waals surface area contributed by atoms with E-state index in [1.807, 2.05) is 12.1 Å².